The van der Waals surface area contributed by atoms with Gasteiger partial charge in [-0.15, -0.1) is 0 Å². The Morgan fingerprint density at radius 2 is 1.36 bits per heavy atom. The molecule has 0 saturated heterocycles. The monoisotopic (exact) mass is 1050 g/mol. The molecule has 0 saturated carbocycles. The van der Waals surface area contributed by atoms with E-state index in [1.165, 1.54) is 53.7 Å². The molecule has 294 valence electrons. The first-order valence-electron chi connectivity index (χ1n) is 14.5. The van der Waals surface area contributed by atoms with E-state index in [9.17, 15) is 62.4 Å². The normalized spacial score (nSPS) is 16.4. The van der Waals surface area contributed by atoms with Crippen LogP contribution in [0.5, 0.6) is 0 Å². The fourth-order valence-electron chi connectivity index (χ4n) is 6.35. The fourth-order valence-corrected chi connectivity index (χ4v) is 10.1. The minimum atomic E-state index is -5.44. The Labute approximate surface area is 557 Å². The summed E-state index contributed by atoms with van der Waals surface area (Å²) >= 11 is 0.843. The standard InChI is InChI=1S/C27H32N2O18S6.5K/c1-26(2)23(29(15-51(35,36)37)18-11-16(48-46-44-30)12-20(24(18)26)49-47-45-31)8-5-7-22-27(3,4)25-19(28(22)9-6-10-50(32,33)34)13-17(52(38,39)40)14-21(25)53(41,42)43;;;;;/h5,7-8,11-14H,6,9-10,15H2,1-4H3,(H5-,30,31,32,33,34,35,36,37,38,39,40,41,42,43);;;;;/q;5*+1/p-4. The Balaban J connectivity index is 0. The first-order chi connectivity index (χ1) is 24.2. The zero-order valence-electron chi connectivity index (χ0n) is 32.6. The zero-order valence-corrected chi connectivity index (χ0v) is 53.1. The van der Waals surface area contributed by atoms with Crippen LogP contribution in [0, 0.1) is 0 Å². The number of fused-ring (bicyclic) bond motifs is 2. The molecule has 0 radical (unpaired) electrons. The topological polar surface area (TPSA) is 315 Å². The smallest absolute Gasteiger partial charge is 0.748 e. The van der Waals surface area contributed by atoms with Crippen molar-refractivity contribution in [3.05, 3.63) is 59.3 Å². The van der Waals surface area contributed by atoms with Gasteiger partial charge in [-0.25, -0.2) is 25.3 Å². The van der Waals surface area contributed by atoms with Crippen LogP contribution in [0.3, 0.4) is 0 Å². The summed E-state index contributed by atoms with van der Waals surface area (Å²) in [5, 5.41) is 28.0. The van der Waals surface area contributed by atoms with Gasteiger partial charge in [-0.05, 0) is 44.5 Å². The molecule has 2 aromatic carbocycles. The molecule has 0 spiro atoms. The summed E-state index contributed by atoms with van der Waals surface area (Å²) in [4.78, 5) is -0.528. The van der Waals surface area contributed by atoms with Crippen LogP contribution in [-0.2, 0) is 70.0 Å². The fraction of sp³-hybridized carbons (Fsp3) is 0.370. The predicted molar refractivity (Wildman–Crippen MR) is 176 cm³/mol. The largest absolute Gasteiger partial charge is 1.00 e. The minimum absolute atomic E-state index is 0. The van der Waals surface area contributed by atoms with Gasteiger partial charge in [0.2, 0.25) is 5.69 Å². The second kappa shape index (κ2) is 26.6. The predicted octanol–water partition coefficient (Wildman–Crippen LogP) is -14.6. The molecule has 2 aliphatic heterocycles. The average molecular weight is 1060 g/mol. The summed E-state index contributed by atoms with van der Waals surface area (Å²) in [6.07, 6.45) is 3.74. The molecule has 0 aliphatic carbocycles. The van der Waals surface area contributed by atoms with E-state index < -0.39 is 72.7 Å². The van der Waals surface area contributed by atoms with Gasteiger partial charge in [-0.3, -0.25) is 14.6 Å². The van der Waals surface area contributed by atoms with Crippen molar-refractivity contribution in [2.75, 3.05) is 23.1 Å². The van der Waals surface area contributed by atoms with E-state index in [-0.39, 0.29) is 308 Å². The van der Waals surface area contributed by atoms with Crippen molar-refractivity contribution in [2.45, 2.75) is 64.5 Å². The molecule has 0 fully saturated rings. The van der Waals surface area contributed by atoms with Gasteiger partial charge < -0.3 is 29.1 Å². The van der Waals surface area contributed by atoms with Crippen LogP contribution >= 0.6 is 24.1 Å². The molecule has 2 aromatic rings. The number of hydrogen-bond donors (Lipinski definition) is 1. The molecule has 2 aliphatic rings. The first kappa shape index (κ1) is 65.8. The van der Waals surface area contributed by atoms with Crippen LogP contribution in [0.15, 0.2) is 67.8 Å². The van der Waals surface area contributed by atoms with E-state index in [2.05, 4.69) is 18.7 Å². The Hall–Kier alpha value is 5.67. The van der Waals surface area contributed by atoms with E-state index in [1.807, 2.05) is 0 Å². The van der Waals surface area contributed by atoms with Gasteiger partial charge >= 0.3 is 267 Å². The third-order valence-corrected chi connectivity index (χ3v) is 12.5. The maximum atomic E-state index is 12.4. The number of rotatable bonds is 16. The van der Waals surface area contributed by atoms with Crippen molar-refractivity contribution in [1.29, 1.82) is 0 Å². The van der Waals surface area contributed by atoms with Gasteiger partial charge in [-0.1, -0.05) is 19.9 Å². The van der Waals surface area contributed by atoms with Gasteiger partial charge in [0.25, 0.3) is 5.88 Å². The average Bonchev–Trinajstić information content (AvgIpc) is 3.34. The molecule has 58 heavy (non-hydrogen) atoms. The first-order valence-corrected chi connectivity index (χ1v) is 22.0. The van der Waals surface area contributed by atoms with Gasteiger partial charge in [0, 0.05) is 51.7 Å². The molecule has 0 bridgehead atoms. The summed E-state index contributed by atoms with van der Waals surface area (Å²) < 4.78 is 152. The summed E-state index contributed by atoms with van der Waals surface area (Å²) in [7, 11) is -20.3. The number of anilines is 1. The van der Waals surface area contributed by atoms with Crippen LogP contribution in [0.4, 0.5) is 11.4 Å². The maximum Gasteiger partial charge on any atom is 1.00 e. The Kier molecular flexibility index (Phi) is 30.2. The van der Waals surface area contributed by atoms with Gasteiger partial charge in [0.1, 0.15) is 20.2 Å². The van der Waals surface area contributed by atoms with Crippen LogP contribution in [0.25, 0.3) is 0 Å². The van der Waals surface area contributed by atoms with Crippen LogP contribution in [0.1, 0.15) is 45.2 Å². The molecule has 0 aromatic heterocycles. The Morgan fingerprint density at radius 1 is 0.793 bits per heavy atom. The second-order valence-corrected chi connectivity index (χ2v) is 19.6. The molecule has 20 nitrogen and oxygen atoms in total. The minimum Gasteiger partial charge on any atom is -0.748 e. The Bertz CT molecular complexity index is 2360. The van der Waals surface area contributed by atoms with E-state index in [4.69, 9.17) is 0 Å². The van der Waals surface area contributed by atoms with Crippen LogP contribution in [0.2, 0.25) is 0 Å². The van der Waals surface area contributed by atoms with Crippen molar-refractivity contribution >= 4 is 81.6 Å². The third-order valence-electron chi connectivity index (χ3n) is 8.25. The molecule has 31 heteroatoms. The number of hydrogen-bond acceptors (Lipinski definition) is 20. The van der Waals surface area contributed by atoms with Crippen molar-refractivity contribution in [2.24, 2.45) is 0 Å². The van der Waals surface area contributed by atoms with Crippen LogP contribution < -0.4 is 272 Å². The van der Waals surface area contributed by atoms with Crippen molar-refractivity contribution in [1.82, 2.24) is 0 Å². The van der Waals surface area contributed by atoms with E-state index in [1.54, 1.807) is 13.8 Å². The van der Waals surface area contributed by atoms with E-state index >= 15 is 0 Å². The Morgan fingerprint density at radius 3 is 1.86 bits per heavy atom. The molecule has 0 amide bonds. The number of nitrogens with zero attached hydrogens (tertiary/aromatic N) is 2. The molecule has 0 unspecified atom stereocenters. The molecule has 1 N–H and O–H groups in total. The van der Waals surface area contributed by atoms with Gasteiger partial charge in [0.05, 0.1) is 59.9 Å². The third kappa shape index (κ3) is 17.0. The summed E-state index contributed by atoms with van der Waals surface area (Å²) in [6, 6.07) is 4.03. The van der Waals surface area contributed by atoms with Crippen LogP contribution in [-0.4, -0.2) is 80.3 Å². The second-order valence-electron chi connectivity index (χ2n) is 12.4. The number of allylic oxidation sites excluding steroid dienone is 4. The van der Waals surface area contributed by atoms with Gasteiger partial charge in [-0.2, -0.15) is 21.7 Å². The SMILES string of the molecule is CC1(C)C(/C=C/C=C2/N(CCCS(=O)(=O)[O-])c3cc(S(=O)(=O)[O-])cc(S(=O)(=O)[O-])c3C2(C)C)=[N+](CS(=O)(=O)O)c2cc(SOO[O-])cc(SOO[O-])c21.[K+].[K+].[K+].[K+].[K+]. The molecule has 0 atom stereocenters. The van der Waals surface area contributed by atoms with Gasteiger partial charge in [0.15, 0.2) is 5.71 Å². The quantitative estimate of drug-likeness (QED) is 0.0407. The summed E-state index contributed by atoms with van der Waals surface area (Å²) in [5.74, 6) is -1.92. The van der Waals surface area contributed by atoms with Crippen molar-refractivity contribution in [3.8, 4) is 0 Å². The van der Waals surface area contributed by atoms with E-state index in [0.717, 1.165) is 6.07 Å². The molecular formula is C27H28K5N2O18S6+. The molecule has 2 heterocycles. The van der Waals surface area contributed by atoms with Crippen molar-refractivity contribution in [3.63, 3.8) is 0 Å². The zero-order chi connectivity index (χ0) is 39.9. The summed E-state index contributed by atoms with van der Waals surface area (Å²) in [6.45, 7) is 5.83. The van der Waals surface area contributed by atoms with E-state index in [0.29, 0.717) is 35.7 Å². The van der Waals surface area contributed by atoms with Crippen molar-refractivity contribution < 1.29 is 343 Å². The maximum absolute atomic E-state index is 12.4. The number of benzene rings is 2. The molecule has 4 rings (SSSR count). The molecular weight excluding hydrogens is 1030 g/mol. The summed E-state index contributed by atoms with van der Waals surface area (Å²) in [5.41, 5.74) is -2.36.